The van der Waals surface area contributed by atoms with Crippen LogP contribution in [0.1, 0.15) is 33.1 Å². The van der Waals surface area contributed by atoms with Crippen LogP contribution in [-0.4, -0.2) is 36.0 Å². The summed E-state index contributed by atoms with van der Waals surface area (Å²) < 4.78 is 35.8. The Morgan fingerprint density at radius 2 is 1.88 bits per heavy atom. The Morgan fingerprint density at radius 3 is 2.25 bits per heavy atom. The van der Waals surface area contributed by atoms with Gasteiger partial charge < -0.3 is 10.6 Å². The van der Waals surface area contributed by atoms with Crippen LogP contribution in [0.2, 0.25) is 0 Å². The average Bonchev–Trinajstić information content (AvgIpc) is 2.07. The maximum absolute atomic E-state index is 11.9. The lowest BCUT2D eigenvalue weighted by Crippen LogP contribution is -2.35. The van der Waals surface area contributed by atoms with Crippen LogP contribution in [0.25, 0.3) is 0 Å². The molecule has 0 rings (SSSR count). The lowest BCUT2D eigenvalue weighted by molar-refractivity contribution is -0.136. The minimum absolute atomic E-state index is 0.0708. The molecule has 0 heterocycles. The molecule has 0 aliphatic carbocycles. The number of amidine groups is 1. The molecular weight excluding hydrogens is 219 g/mol. The van der Waals surface area contributed by atoms with E-state index in [0.29, 0.717) is 19.5 Å². The van der Waals surface area contributed by atoms with Crippen LogP contribution in [-0.2, 0) is 0 Å². The molecule has 0 radical (unpaired) electrons. The van der Waals surface area contributed by atoms with Crippen molar-refractivity contribution in [2.24, 2.45) is 5.73 Å². The third-order valence-electron chi connectivity index (χ3n) is 2.30. The van der Waals surface area contributed by atoms with Gasteiger partial charge in [-0.1, -0.05) is 0 Å². The highest BCUT2D eigenvalue weighted by Crippen LogP contribution is 2.21. The quantitative estimate of drug-likeness (QED) is 0.529. The van der Waals surface area contributed by atoms with Crippen LogP contribution < -0.4 is 5.73 Å². The van der Waals surface area contributed by atoms with Crippen molar-refractivity contribution < 1.29 is 13.2 Å². The predicted molar refractivity (Wildman–Crippen MR) is 58.5 cm³/mol. The monoisotopic (exact) mass is 239 g/mol. The van der Waals surface area contributed by atoms with Crippen LogP contribution in [0.15, 0.2) is 0 Å². The smallest absolute Gasteiger partial charge is 0.388 e. The normalized spacial score (nSPS) is 12.4. The van der Waals surface area contributed by atoms with Gasteiger partial charge in [0.1, 0.15) is 0 Å². The third-order valence-corrected chi connectivity index (χ3v) is 2.30. The van der Waals surface area contributed by atoms with Gasteiger partial charge in [-0.05, 0) is 26.8 Å². The van der Waals surface area contributed by atoms with Crippen molar-refractivity contribution in [3.8, 4) is 0 Å². The summed E-state index contributed by atoms with van der Waals surface area (Å²) in [4.78, 5) is 1.91. The van der Waals surface area contributed by atoms with Crippen molar-refractivity contribution in [3.05, 3.63) is 0 Å². The zero-order chi connectivity index (χ0) is 12.8. The molecule has 96 valence electrons. The van der Waals surface area contributed by atoms with Crippen LogP contribution in [0.4, 0.5) is 13.2 Å². The SMILES string of the molecule is CC(C)N(CCCC(F)(F)F)CCC(=N)N. The summed E-state index contributed by atoms with van der Waals surface area (Å²) in [6, 6.07) is 0.174. The number of halogens is 3. The number of nitrogens with zero attached hydrogens (tertiary/aromatic N) is 1. The molecule has 0 aliphatic heterocycles. The van der Waals surface area contributed by atoms with Crippen LogP contribution in [0, 0.1) is 5.41 Å². The Labute approximate surface area is 94.3 Å². The molecule has 0 aromatic carbocycles. The van der Waals surface area contributed by atoms with E-state index < -0.39 is 12.6 Å². The molecule has 0 saturated heterocycles. The summed E-state index contributed by atoms with van der Waals surface area (Å²) >= 11 is 0. The standard InChI is InChI=1S/C10H20F3N3/c1-8(2)16(7-4-9(14)15)6-3-5-10(11,12)13/h8H,3-7H2,1-2H3,(H3,14,15). The highest BCUT2D eigenvalue weighted by molar-refractivity contribution is 5.76. The Morgan fingerprint density at radius 1 is 1.31 bits per heavy atom. The molecule has 0 fully saturated rings. The largest absolute Gasteiger partial charge is 0.389 e. The topological polar surface area (TPSA) is 53.1 Å². The number of alkyl halides is 3. The number of hydrogen-bond donors (Lipinski definition) is 2. The van der Waals surface area contributed by atoms with E-state index in [1.54, 1.807) is 0 Å². The van der Waals surface area contributed by atoms with Crippen LogP contribution in [0.3, 0.4) is 0 Å². The minimum Gasteiger partial charge on any atom is -0.388 e. The Hall–Kier alpha value is -0.780. The van der Waals surface area contributed by atoms with Crippen LogP contribution in [0.5, 0.6) is 0 Å². The highest BCUT2D eigenvalue weighted by Gasteiger charge is 2.26. The molecule has 6 heteroatoms. The van der Waals surface area contributed by atoms with E-state index in [1.165, 1.54) is 0 Å². The fraction of sp³-hybridized carbons (Fsp3) is 0.900. The summed E-state index contributed by atoms with van der Waals surface area (Å²) in [6.07, 6.45) is -4.33. The van der Waals surface area contributed by atoms with Gasteiger partial charge in [0, 0.05) is 25.4 Å². The third kappa shape index (κ3) is 8.52. The zero-order valence-corrected chi connectivity index (χ0v) is 9.77. The Kier molecular flexibility index (Phi) is 6.40. The van der Waals surface area contributed by atoms with Gasteiger partial charge in [0.2, 0.25) is 0 Å². The molecule has 0 atom stereocenters. The van der Waals surface area contributed by atoms with Gasteiger partial charge in [0.05, 0.1) is 5.84 Å². The number of nitrogens with one attached hydrogen (secondary N) is 1. The minimum atomic E-state index is -4.08. The van der Waals surface area contributed by atoms with Gasteiger partial charge in [-0.25, -0.2) is 0 Å². The second-order valence-electron chi connectivity index (χ2n) is 4.12. The van der Waals surface area contributed by atoms with E-state index in [2.05, 4.69) is 0 Å². The molecule has 0 saturated carbocycles. The highest BCUT2D eigenvalue weighted by atomic mass is 19.4. The molecule has 0 aromatic heterocycles. The van der Waals surface area contributed by atoms with E-state index in [9.17, 15) is 13.2 Å². The lowest BCUT2D eigenvalue weighted by Gasteiger charge is -2.26. The lowest BCUT2D eigenvalue weighted by atomic mass is 10.2. The maximum Gasteiger partial charge on any atom is 0.389 e. The summed E-state index contributed by atoms with van der Waals surface area (Å²) in [5, 5.41) is 7.08. The van der Waals surface area contributed by atoms with Gasteiger partial charge >= 0.3 is 6.18 Å². The second kappa shape index (κ2) is 6.73. The molecule has 3 nitrogen and oxygen atoms in total. The molecule has 0 spiro atoms. The zero-order valence-electron chi connectivity index (χ0n) is 9.77. The van der Waals surface area contributed by atoms with Crippen LogP contribution >= 0.6 is 0 Å². The van der Waals surface area contributed by atoms with Gasteiger partial charge in [-0.2, -0.15) is 13.2 Å². The molecule has 0 bridgehead atoms. The van der Waals surface area contributed by atoms with Gasteiger partial charge in [-0.15, -0.1) is 0 Å². The Bertz CT molecular complexity index is 214. The first-order valence-corrected chi connectivity index (χ1v) is 5.36. The van der Waals surface area contributed by atoms with Crippen molar-refractivity contribution in [1.29, 1.82) is 5.41 Å². The van der Waals surface area contributed by atoms with Crippen molar-refractivity contribution in [2.75, 3.05) is 13.1 Å². The van der Waals surface area contributed by atoms with Crippen molar-refractivity contribution in [1.82, 2.24) is 4.90 Å². The number of nitrogens with two attached hydrogens (primary N) is 1. The number of hydrogen-bond acceptors (Lipinski definition) is 2. The van der Waals surface area contributed by atoms with E-state index in [0.717, 1.165) is 0 Å². The first-order chi connectivity index (χ1) is 7.22. The average molecular weight is 239 g/mol. The van der Waals surface area contributed by atoms with Gasteiger partial charge in [0.25, 0.3) is 0 Å². The van der Waals surface area contributed by atoms with Crippen molar-refractivity contribution >= 4 is 5.84 Å². The predicted octanol–water partition coefficient (Wildman–Crippen LogP) is 2.37. The summed E-state index contributed by atoms with van der Waals surface area (Å²) in [7, 11) is 0. The van der Waals surface area contributed by atoms with Crippen molar-refractivity contribution in [2.45, 2.75) is 45.3 Å². The fourth-order valence-corrected chi connectivity index (χ4v) is 1.37. The molecule has 0 amide bonds. The molecule has 0 unspecified atom stereocenters. The summed E-state index contributed by atoms with van der Waals surface area (Å²) in [5.74, 6) is 0.0708. The van der Waals surface area contributed by atoms with E-state index >= 15 is 0 Å². The first-order valence-electron chi connectivity index (χ1n) is 5.36. The summed E-state index contributed by atoms with van der Waals surface area (Å²) in [5.41, 5.74) is 5.22. The molecule has 0 aromatic rings. The maximum atomic E-state index is 11.9. The van der Waals surface area contributed by atoms with E-state index in [1.807, 2.05) is 18.7 Å². The van der Waals surface area contributed by atoms with Crippen molar-refractivity contribution in [3.63, 3.8) is 0 Å². The van der Waals surface area contributed by atoms with Gasteiger partial charge in [0.15, 0.2) is 0 Å². The Balaban J connectivity index is 3.90. The first kappa shape index (κ1) is 15.2. The fourth-order valence-electron chi connectivity index (χ4n) is 1.37. The molecule has 3 N–H and O–H groups in total. The second-order valence-corrected chi connectivity index (χ2v) is 4.12. The van der Waals surface area contributed by atoms with Gasteiger partial charge in [-0.3, -0.25) is 5.41 Å². The molecular formula is C10H20F3N3. The number of rotatable bonds is 7. The molecule has 16 heavy (non-hydrogen) atoms. The summed E-state index contributed by atoms with van der Waals surface area (Å²) in [6.45, 7) is 4.79. The molecule has 0 aliphatic rings. The van der Waals surface area contributed by atoms with E-state index in [4.69, 9.17) is 11.1 Å². The van der Waals surface area contributed by atoms with E-state index in [-0.39, 0.29) is 18.3 Å².